The Morgan fingerprint density at radius 3 is 2.71 bits per heavy atom. The summed E-state index contributed by atoms with van der Waals surface area (Å²) in [6, 6.07) is 4.48. The molecule has 0 aliphatic heterocycles. The number of carbonyl (C=O) groups is 1. The molecule has 3 N–H and O–H groups in total. The quantitative estimate of drug-likeness (QED) is 0.827. The molecule has 1 rings (SSSR count). The summed E-state index contributed by atoms with van der Waals surface area (Å²) in [5.41, 5.74) is 6.82. The molecule has 94 valence electrons. The van der Waals surface area contributed by atoms with Crippen molar-refractivity contribution < 1.29 is 9.18 Å². The Labute approximate surface area is 101 Å². The Morgan fingerprint density at radius 1 is 1.47 bits per heavy atom. The summed E-state index contributed by atoms with van der Waals surface area (Å²) >= 11 is 0. The maximum Gasteiger partial charge on any atom is 0.224 e. The van der Waals surface area contributed by atoms with Gasteiger partial charge in [-0.2, -0.15) is 0 Å². The molecule has 1 amide bonds. The molecule has 1 unspecified atom stereocenters. The molecule has 0 saturated carbocycles. The molecule has 1 aromatic rings. The molecule has 0 saturated heterocycles. The monoisotopic (exact) mass is 238 g/mol. The highest BCUT2D eigenvalue weighted by Gasteiger charge is 2.11. The number of anilines is 1. The lowest BCUT2D eigenvalue weighted by Gasteiger charge is -2.12. The molecule has 0 aromatic heterocycles. The van der Waals surface area contributed by atoms with Gasteiger partial charge in [-0.1, -0.05) is 13.3 Å². The Balaban J connectivity index is 2.61. The molecule has 1 aromatic carbocycles. The van der Waals surface area contributed by atoms with Crippen LogP contribution in [0.3, 0.4) is 0 Å². The molecule has 0 heterocycles. The van der Waals surface area contributed by atoms with E-state index in [1.54, 1.807) is 13.0 Å². The van der Waals surface area contributed by atoms with E-state index in [9.17, 15) is 9.18 Å². The van der Waals surface area contributed by atoms with Gasteiger partial charge in [-0.05, 0) is 43.1 Å². The SMILES string of the molecule is CCC(CN)CC(=O)Nc1cc(C)cc(F)c1. The number of nitrogens with one attached hydrogen (secondary N) is 1. The van der Waals surface area contributed by atoms with Gasteiger partial charge in [0.25, 0.3) is 0 Å². The molecule has 0 radical (unpaired) electrons. The zero-order valence-electron chi connectivity index (χ0n) is 10.3. The van der Waals surface area contributed by atoms with E-state index in [4.69, 9.17) is 5.73 Å². The smallest absolute Gasteiger partial charge is 0.224 e. The van der Waals surface area contributed by atoms with Gasteiger partial charge >= 0.3 is 0 Å². The van der Waals surface area contributed by atoms with Gasteiger partial charge in [0.2, 0.25) is 5.91 Å². The minimum atomic E-state index is -0.342. The zero-order chi connectivity index (χ0) is 12.8. The predicted molar refractivity (Wildman–Crippen MR) is 67.2 cm³/mol. The molecule has 3 nitrogen and oxygen atoms in total. The first kappa shape index (κ1) is 13.6. The maximum absolute atomic E-state index is 13.1. The Kier molecular flexibility index (Phi) is 5.10. The van der Waals surface area contributed by atoms with Gasteiger partial charge in [0, 0.05) is 12.1 Å². The van der Waals surface area contributed by atoms with Gasteiger partial charge in [0.1, 0.15) is 5.82 Å². The zero-order valence-corrected chi connectivity index (χ0v) is 10.3. The molecule has 1 atom stereocenters. The number of amides is 1. The average Bonchev–Trinajstić information content (AvgIpc) is 2.24. The summed E-state index contributed by atoms with van der Waals surface area (Å²) in [4.78, 5) is 11.7. The third-order valence-corrected chi connectivity index (χ3v) is 2.71. The number of aryl methyl sites for hydroxylation is 1. The fraction of sp³-hybridized carbons (Fsp3) is 0.462. The molecular formula is C13H19FN2O. The van der Waals surface area contributed by atoms with E-state index >= 15 is 0 Å². The van der Waals surface area contributed by atoms with Crippen molar-refractivity contribution in [3.63, 3.8) is 0 Å². The van der Waals surface area contributed by atoms with Crippen LogP contribution in [0, 0.1) is 18.7 Å². The van der Waals surface area contributed by atoms with Crippen LogP contribution >= 0.6 is 0 Å². The highest BCUT2D eigenvalue weighted by molar-refractivity contribution is 5.90. The number of carbonyl (C=O) groups excluding carboxylic acids is 1. The third kappa shape index (κ3) is 4.53. The summed E-state index contributed by atoms with van der Waals surface area (Å²) in [7, 11) is 0. The van der Waals surface area contributed by atoms with Crippen molar-refractivity contribution in [2.75, 3.05) is 11.9 Å². The molecule has 0 aliphatic carbocycles. The Hall–Kier alpha value is -1.42. The van der Waals surface area contributed by atoms with Gasteiger partial charge in [0.05, 0.1) is 0 Å². The van der Waals surface area contributed by atoms with Crippen molar-refractivity contribution in [3.05, 3.63) is 29.6 Å². The number of nitrogens with two attached hydrogens (primary N) is 1. The fourth-order valence-electron chi connectivity index (χ4n) is 1.68. The summed E-state index contributed by atoms with van der Waals surface area (Å²) in [5, 5.41) is 2.69. The lowest BCUT2D eigenvalue weighted by Crippen LogP contribution is -2.21. The number of benzene rings is 1. The van der Waals surface area contributed by atoms with E-state index in [0.29, 0.717) is 18.7 Å². The highest BCUT2D eigenvalue weighted by atomic mass is 19.1. The maximum atomic E-state index is 13.1. The number of rotatable bonds is 5. The van der Waals surface area contributed by atoms with E-state index in [0.717, 1.165) is 12.0 Å². The molecule has 17 heavy (non-hydrogen) atoms. The van der Waals surface area contributed by atoms with Crippen LogP contribution < -0.4 is 11.1 Å². The number of hydrogen-bond acceptors (Lipinski definition) is 2. The second kappa shape index (κ2) is 6.35. The van der Waals surface area contributed by atoms with Crippen LogP contribution in [-0.4, -0.2) is 12.5 Å². The van der Waals surface area contributed by atoms with E-state index in [-0.39, 0.29) is 17.6 Å². The van der Waals surface area contributed by atoms with Crippen LogP contribution in [0.4, 0.5) is 10.1 Å². The van der Waals surface area contributed by atoms with Crippen LogP contribution in [0.25, 0.3) is 0 Å². The molecular weight excluding hydrogens is 219 g/mol. The minimum absolute atomic E-state index is 0.118. The van der Waals surface area contributed by atoms with Crippen LogP contribution in [-0.2, 0) is 4.79 Å². The van der Waals surface area contributed by atoms with Gasteiger partial charge in [0.15, 0.2) is 0 Å². The largest absolute Gasteiger partial charge is 0.330 e. The van der Waals surface area contributed by atoms with Crippen molar-refractivity contribution >= 4 is 11.6 Å². The molecule has 0 fully saturated rings. The Morgan fingerprint density at radius 2 is 2.18 bits per heavy atom. The molecule has 0 aliphatic rings. The van der Waals surface area contributed by atoms with E-state index in [1.807, 2.05) is 6.92 Å². The topological polar surface area (TPSA) is 55.1 Å². The normalized spacial score (nSPS) is 12.2. The second-order valence-electron chi connectivity index (χ2n) is 4.28. The molecule has 0 bridgehead atoms. The summed E-state index contributed by atoms with van der Waals surface area (Å²) in [5.74, 6) is -0.275. The van der Waals surface area contributed by atoms with Crippen LogP contribution in [0.2, 0.25) is 0 Å². The first-order valence-corrected chi connectivity index (χ1v) is 5.82. The number of hydrogen-bond donors (Lipinski definition) is 2. The predicted octanol–water partition coefficient (Wildman–Crippen LogP) is 2.45. The standard InChI is InChI=1S/C13H19FN2O/c1-3-10(8-15)6-13(17)16-12-5-9(2)4-11(14)7-12/h4-5,7,10H,3,6,8,15H2,1-2H3,(H,16,17). The minimum Gasteiger partial charge on any atom is -0.330 e. The summed E-state index contributed by atoms with van der Waals surface area (Å²) in [6.45, 7) is 4.27. The van der Waals surface area contributed by atoms with E-state index in [1.165, 1.54) is 12.1 Å². The third-order valence-electron chi connectivity index (χ3n) is 2.71. The van der Waals surface area contributed by atoms with E-state index < -0.39 is 0 Å². The number of halogens is 1. The highest BCUT2D eigenvalue weighted by Crippen LogP contribution is 2.15. The fourth-order valence-corrected chi connectivity index (χ4v) is 1.68. The van der Waals surface area contributed by atoms with Crippen molar-refractivity contribution in [1.82, 2.24) is 0 Å². The Bertz CT molecular complexity index is 369. The van der Waals surface area contributed by atoms with Crippen molar-refractivity contribution in [2.24, 2.45) is 11.7 Å². The van der Waals surface area contributed by atoms with Crippen LogP contribution in [0.5, 0.6) is 0 Å². The van der Waals surface area contributed by atoms with Crippen LogP contribution in [0.15, 0.2) is 18.2 Å². The van der Waals surface area contributed by atoms with Gasteiger partial charge in [-0.3, -0.25) is 4.79 Å². The average molecular weight is 238 g/mol. The van der Waals surface area contributed by atoms with Gasteiger partial charge < -0.3 is 11.1 Å². The van der Waals surface area contributed by atoms with Crippen LogP contribution in [0.1, 0.15) is 25.3 Å². The van der Waals surface area contributed by atoms with E-state index in [2.05, 4.69) is 5.32 Å². The first-order valence-electron chi connectivity index (χ1n) is 5.82. The molecule has 4 heteroatoms. The lowest BCUT2D eigenvalue weighted by atomic mass is 10.0. The lowest BCUT2D eigenvalue weighted by molar-refractivity contribution is -0.117. The van der Waals surface area contributed by atoms with Crippen molar-refractivity contribution in [2.45, 2.75) is 26.7 Å². The summed E-state index contributed by atoms with van der Waals surface area (Å²) < 4.78 is 13.1. The first-order chi connectivity index (χ1) is 8.05. The van der Waals surface area contributed by atoms with Gasteiger partial charge in [-0.25, -0.2) is 4.39 Å². The van der Waals surface area contributed by atoms with Crippen molar-refractivity contribution in [3.8, 4) is 0 Å². The van der Waals surface area contributed by atoms with Gasteiger partial charge in [-0.15, -0.1) is 0 Å². The summed E-state index contributed by atoms with van der Waals surface area (Å²) in [6.07, 6.45) is 1.24. The molecule has 0 spiro atoms. The van der Waals surface area contributed by atoms with Crippen molar-refractivity contribution in [1.29, 1.82) is 0 Å². The second-order valence-corrected chi connectivity index (χ2v) is 4.28.